The van der Waals surface area contributed by atoms with Crippen molar-refractivity contribution >= 4 is 21.9 Å². The number of pyridine rings is 1. The molecule has 2 aromatic rings. The van der Waals surface area contributed by atoms with E-state index in [1.165, 1.54) is 7.11 Å². The van der Waals surface area contributed by atoms with Crippen LogP contribution in [0.3, 0.4) is 0 Å². The minimum absolute atomic E-state index is 0.381. The zero-order valence-corrected chi connectivity index (χ0v) is 12.0. The van der Waals surface area contributed by atoms with Gasteiger partial charge in [-0.25, -0.2) is 9.78 Å². The van der Waals surface area contributed by atoms with Crippen LogP contribution in [0.25, 0.3) is 5.82 Å². The largest absolute Gasteiger partial charge is 0.465 e. The van der Waals surface area contributed by atoms with Crippen LogP contribution < -0.4 is 0 Å². The van der Waals surface area contributed by atoms with Crippen LogP contribution in [0.15, 0.2) is 28.9 Å². The lowest BCUT2D eigenvalue weighted by Crippen LogP contribution is -2.07. The lowest BCUT2D eigenvalue weighted by molar-refractivity contribution is 0.0599. The van der Waals surface area contributed by atoms with Crippen LogP contribution in [0, 0.1) is 13.8 Å². The molecule has 0 saturated carbocycles. The van der Waals surface area contributed by atoms with Gasteiger partial charge in [0.05, 0.1) is 17.1 Å². The number of carbonyl (C=O) groups is 1. The molecule has 2 aromatic heterocycles. The predicted molar refractivity (Wildman–Crippen MR) is 72.1 cm³/mol. The lowest BCUT2D eigenvalue weighted by Gasteiger charge is -2.10. The van der Waals surface area contributed by atoms with E-state index in [0.717, 1.165) is 11.4 Å². The Labute approximate surface area is 114 Å². The minimum atomic E-state index is -0.381. The summed E-state index contributed by atoms with van der Waals surface area (Å²) in [4.78, 5) is 16.0. The summed E-state index contributed by atoms with van der Waals surface area (Å²) in [7, 11) is 1.36. The molecule has 0 unspecified atom stereocenters. The van der Waals surface area contributed by atoms with E-state index >= 15 is 0 Å². The summed E-state index contributed by atoms with van der Waals surface area (Å²) in [5, 5.41) is 0. The highest BCUT2D eigenvalue weighted by Gasteiger charge is 2.14. The summed E-state index contributed by atoms with van der Waals surface area (Å²) in [5.74, 6) is 0.326. The number of nitrogens with zero attached hydrogens (tertiary/aromatic N) is 2. The van der Waals surface area contributed by atoms with E-state index in [0.29, 0.717) is 15.9 Å². The number of ether oxygens (including phenoxy) is 1. The third kappa shape index (κ3) is 2.18. The number of hydrogen-bond acceptors (Lipinski definition) is 3. The Hall–Kier alpha value is -1.62. The quantitative estimate of drug-likeness (QED) is 0.801. The van der Waals surface area contributed by atoms with Gasteiger partial charge in [-0.05, 0) is 48.0 Å². The number of hydrogen-bond donors (Lipinski definition) is 0. The van der Waals surface area contributed by atoms with Crippen molar-refractivity contribution in [1.29, 1.82) is 0 Å². The number of methoxy groups -OCH3 is 1. The molecule has 0 radical (unpaired) electrons. The molecule has 0 aliphatic carbocycles. The molecular weight excluding hydrogens is 296 g/mol. The zero-order chi connectivity index (χ0) is 13.3. The number of halogens is 1. The summed E-state index contributed by atoms with van der Waals surface area (Å²) in [6, 6.07) is 5.74. The number of aryl methyl sites for hydroxylation is 2. The third-order valence-electron chi connectivity index (χ3n) is 2.75. The topological polar surface area (TPSA) is 44.1 Å². The van der Waals surface area contributed by atoms with Gasteiger partial charge in [-0.2, -0.15) is 0 Å². The second-order valence-corrected chi connectivity index (χ2v) is 4.82. The van der Waals surface area contributed by atoms with Gasteiger partial charge in [-0.3, -0.25) is 0 Å². The SMILES string of the molecule is COC(=O)c1cc(-n2c(C)ccc2C)ncc1Br. The first-order valence-electron chi connectivity index (χ1n) is 5.43. The Morgan fingerprint density at radius 1 is 1.33 bits per heavy atom. The van der Waals surface area contributed by atoms with Crippen molar-refractivity contribution in [3.63, 3.8) is 0 Å². The van der Waals surface area contributed by atoms with E-state index in [4.69, 9.17) is 4.74 Å². The fourth-order valence-electron chi connectivity index (χ4n) is 1.85. The Kier molecular flexibility index (Phi) is 3.52. The molecule has 0 atom stereocenters. The summed E-state index contributed by atoms with van der Waals surface area (Å²) >= 11 is 3.30. The van der Waals surface area contributed by atoms with Crippen LogP contribution in [-0.4, -0.2) is 22.6 Å². The molecule has 0 N–H and O–H groups in total. The summed E-state index contributed by atoms with van der Waals surface area (Å²) in [5.41, 5.74) is 2.60. The van der Waals surface area contributed by atoms with Crippen LogP contribution in [0.5, 0.6) is 0 Å². The first-order valence-corrected chi connectivity index (χ1v) is 6.23. The van der Waals surface area contributed by atoms with Gasteiger partial charge >= 0.3 is 5.97 Å². The number of rotatable bonds is 2. The molecule has 2 rings (SSSR count). The maximum atomic E-state index is 11.6. The first-order chi connectivity index (χ1) is 8.54. The van der Waals surface area contributed by atoms with Crippen LogP contribution in [0.1, 0.15) is 21.7 Å². The number of aromatic nitrogens is 2. The van der Waals surface area contributed by atoms with Crippen molar-refractivity contribution in [3.8, 4) is 5.82 Å². The Bertz CT molecular complexity index is 586. The molecule has 0 spiro atoms. The highest BCUT2D eigenvalue weighted by atomic mass is 79.9. The first kappa shape index (κ1) is 12.8. The van der Waals surface area contributed by atoms with Crippen LogP contribution in [-0.2, 0) is 4.74 Å². The van der Waals surface area contributed by atoms with Gasteiger partial charge in [0, 0.05) is 17.6 Å². The fraction of sp³-hybridized carbons (Fsp3) is 0.231. The summed E-state index contributed by atoms with van der Waals surface area (Å²) < 4.78 is 7.35. The second-order valence-electron chi connectivity index (χ2n) is 3.97. The molecule has 0 saturated heterocycles. The monoisotopic (exact) mass is 308 g/mol. The molecule has 0 fully saturated rings. The smallest absolute Gasteiger partial charge is 0.339 e. The fourth-order valence-corrected chi connectivity index (χ4v) is 2.22. The van der Waals surface area contributed by atoms with Crippen LogP contribution in [0.2, 0.25) is 0 Å². The molecular formula is C13H13BrN2O2. The van der Waals surface area contributed by atoms with Gasteiger partial charge < -0.3 is 9.30 Å². The Morgan fingerprint density at radius 3 is 2.50 bits per heavy atom. The van der Waals surface area contributed by atoms with Gasteiger partial charge in [-0.15, -0.1) is 0 Å². The summed E-state index contributed by atoms with van der Waals surface area (Å²) in [6.45, 7) is 3.99. The van der Waals surface area contributed by atoms with Gasteiger partial charge in [0.15, 0.2) is 0 Å². The van der Waals surface area contributed by atoms with Gasteiger partial charge in [-0.1, -0.05) is 0 Å². The highest BCUT2D eigenvalue weighted by Crippen LogP contribution is 2.21. The molecule has 18 heavy (non-hydrogen) atoms. The Balaban J connectivity index is 2.57. The molecule has 0 amide bonds. The molecule has 0 aromatic carbocycles. The van der Waals surface area contributed by atoms with Crippen molar-refractivity contribution in [2.24, 2.45) is 0 Å². The van der Waals surface area contributed by atoms with E-state index in [9.17, 15) is 4.79 Å². The van der Waals surface area contributed by atoms with Gasteiger partial charge in [0.2, 0.25) is 0 Å². The van der Waals surface area contributed by atoms with E-state index in [2.05, 4.69) is 20.9 Å². The van der Waals surface area contributed by atoms with E-state index in [1.807, 2.05) is 30.5 Å². The van der Waals surface area contributed by atoms with Gasteiger partial charge in [0.25, 0.3) is 0 Å². The van der Waals surface area contributed by atoms with Crippen molar-refractivity contribution in [1.82, 2.24) is 9.55 Å². The van der Waals surface area contributed by atoms with E-state index < -0.39 is 0 Å². The normalized spacial score (nSPS) is 10.4. The molecule has 0 bridgehead atoms. The maximum absolute atomic E-state index is 11.6. The van der Waals surface area contributed by atoms with Crippen molar-refractivity contribution < 1.29 is 9.53 Å². The van der Waals surface area contributed by atoms with E-state index in [1.54, 1.807) is 12.3 Å². The Morgan fingerprint density at radius 2 is 1.94 bits per heavy atom. The maximum Gasteiger partial charge on any atom is 0.339 e. The third-order valence-corrected chi connectivity index (χ3v) is 3.38. The summed E-state index contributed by atoms with van der Waals surface area (Å²) in [6.07, 6.45) is 1.61. The van der Waals surface area contributed by atoms with Crippen LogP contribution in [0.4, 0.5) is 0 Å². The number of carbonyl (C=O) groups excluding carboxylic acids is 1. The molecule has 4 nitrogen and oxygen atoms in total. The molecule has 5 heteroatoms. The molecule has 0 aliphatic rings. The second kappa shape index (κ2) is 4.94. The predicted octanol–water partition coefficient (Wildman–Crippen LogP) is 3.04. The van der Waals surface area contributed by atoms with Crippen molar-refractivity contribution in [2.75, 3.05) is 7.11 Å². The molecule has 2 heterocycles. The van der Waals surface area contributed by atoms with Gasteiger partial charge in [0.1, 0.15) is 5.82 Å². The van der Waals surface area contributed by atoms with Crippen molar-refractivity contribution in [3.05, 3.63) is 45.8 Å². The number of esters is 1. The lowest BCUT2D eigenvalue weighted by atomic mass is 10.2. The standard InChI is InChI=1S/C13H13BrN2O2/c1-8-4-5-9(2)16(8)12-6-10(13(17)18-3)11(14)7-15-12/h4-7H,1-3H3. The average Bonchev–Trinajstić information content (AvgIpc) is 2.69. The molecule has 0 aliphatic heterocycles. The van der Waals surface area contributed by atoms with E-state index in [-0.39, 0.29) is 5.97 Å². The van der Waals surface area contributed by atoms with Crippen LogP contribution >= 0.6 is 15.9 Å². The van der Waals surface area contributed by atoms with Crippen molar-refractivity contribution in [2.45, 2.75) is 13.8 Å². The zero-order valence-electron chi connectivity index (χ0n) is 10.4. The average molecular weight is 309 g/mol. The molecule has 94 valence electrons. The highest BCUT2D eigenvalue weighted by molar-refractivity contribution is 9.10. The minimum Gasteiger partial charge on any atom is -0.465 e.